The highest BCUT2D eigenvalue weighted by molar-refractivity contribution is 9.10. The summed E-state index contributed by atoms with van der Waals surface area (Å²) in [7, 11) is 0. The smallest absolute Gasteiger partial charge is 0.224 e. The average Bonchev–Trinajstić information content (AvgIpc) is 2.20. The molecule has 1 amide bonds. The molecule has 0 aliphatic carbocycles. The molecule has 0 unspecified atom stereocenters. The molecular weight excluding hydrogens is 263 g/mol. The monoisotopic (exact) mass is 280 g/mol. The van der Waals surface area contributed by atoms with Gasteiger partial charge in [0.2, 0.25) is 5.91 Å². The Morgan fingerprint density at radius 1 is 1.60 bits per heavy atom. The molecule has 2 N–H and O–H groups in total. The van der Waals surface area contributed by atoms with Gasteiger partial charge in [-0.05, 0) is 33.6 Å². The molecule has 0 fully saturated rings. The molecular formula is C10H12BrFN2O. The minimum atomic E-state index is -2.66. The van der Waals surface area contributed by atoms with E-state index in [4.69, 9.17) is 8.22 Å². The van der Waals surface area contributed by atoms with Crippen molar-refractivity contribution in [1.82, 2.24) is 5.32 Å². The number of hydrogen-bond donors (Lipinski definition) is 2. The SMILES string of the molecule is [2H]C([2H])([2H])NC(=O)Cc1cc(F)c(Br)cc1NC([2H])([2H])[2H]. The standard InChI is InChI=1S/C10H12BrFN2O/c1-13-9-5-7(11)8(12)3-6(9)4-10(15)14-2/h3,5,13H,4H2,1-2H3,(H,14,15)/i1D3,2D3. The van der Waals surface area contributed by atoms with Crippen molar-refractivity contribution in [2.75, 3.05) is 19.3 Å². The van der Waals surface area contributed by atoms with E-state index >= 15 is 0 Å². The molecule has 0 aromatic heterocycles. The molecule has 82 valence electrons. The van der Waals surface area contributed by atoms with Crippen LogP contribution >= 0.6 is 15.9 Å². The lowest BCUT2D eigenvalue weighted by atomic mass is 10.1. The minimum absolute atomic E-state index is 0.0176. The number of nitrogens with one attached hydrogen (secondary N) is 2. The summed E-state index contributed by atoms with van der Waals surface area (Å²) in [5, 5.41) is 3.92. The van der Waals surface area contributed by atoms with E-state index in [-0.39, 0.29) is 15.7 Å². The molecule has 3 nitrogen and oxygen atoms in total. The average molecular weight is 281 g/mol. The van der Waals surface area contributed by atoms with Gasteiger partial charge in [0, 0.05) is 27.9 Å². The summed E-state index contributed by atoms with van der Waals surface area (Å²) in [6.07, 6.45) is -0.471. The van der Waals surface area contributed by atoms with Gasteiger partial charge in [0.1, 0.15) is 5.82 Å². The normalized spacial score (nSPS) is 17.5. The molecule has 1 rings (SSSR count). The van der Waals surface area contributed by atoms with E-state index in [1.54, 1.807) is 5.32 Å². The van der Waals surface area contributed by atoms with Crippen LogP contribution in [0, 0.1) is 5.82 Å². The maximum Gasteiger partial charge on any atom is 0.224 e. The molecule has 0 aliphatic heterocycles. The van der Waals surface area contributed by atoms with Crippen molar-refractivity contribution in [3.05, 3.63) is 28.0 Å². The number of hydrogen-bond acceptors (Lipinski definition) is 2. The maximum absolute atomic E-state index is 13.5. The molecule has 0 bridgehead atoms. The molecule has 0 spiro atoms. The molecule has 0 atom stereocenters. The fraction of sp³-hybridized carbons (Fsp3) is 0.300. The summed E-state index contributed by atoms with van der Waals surface area (Å²) in [5.74, 6) is -1.56. The Bertz CT molecular complexity index is 546. The molecule has 0 saturated heterocycles. The summed E-state index contributed by atoms with van der Waals surface area (Å²) in [4.78, 5) is 11.6. The minimum Gasteiger partial charge on any atom is -0.388 e. The Labute approximate surface area is 105 Å². The quantitative estimate of drug-likeness (QED) is 0.888. The fourth-order valence-corrected chi connectivity index (χ4v) is 1.41. The van der Waals surface area contributed by atoms with Crippen LogP contribution in [-0.2, 0) is 11.2 Å². The number of carbonyl (C=O) groups excluding carboxylic acids is 1. The lowest BCUT2D eigenvalue weighted by molar-refractivity contribution is -0.119. The van der Waals surface area contributed by atoms with Crippen molar-refractivity contribution in [2.24, 2.45) is 0 Å². The topological polar surface area (TPSA) is 41.1 Å². The third-order valence-electron chi connectivity index (χ3n) is 1.77. The first kappa shape index (κ1) is 5.84. The van der Waals surface area contributed by atoms with Gasteiger partial charge in [-0.3, -0.25) is 4.79 Å². The molecule has 1 aromatic rings. The van der Waals surface area contributed by atoms with Gasteiger partial charge in [0.05, 0.1) is 10.9 Å². The largest absolute Gasteiger partial charge is 0.388 e. The third-order valence-corrected chi connectivity index (χ3v) is 2.38. The Hall–Kier alpha value is -1.10. The molecule has 0 heterocycles. The van der Waals surface area contributed by atoms with Gasteiger partial charge in [-0.25, -0.2) is 4.39 Å². The van der Waals surface area contributed by atoms with Gasteiger partial charge >= 0.3 is 0 Å². The van der Waals surface area contributed by atoms with Crippen LogP contribution in [0.5, 0.6) is 0 Å². The van der Waals surface area contributed by atoms with Crippen molar-refractivity contribution in [2.45, 2.75) is 6.42 Å². The van der Waals surface area contributed by atoms with Gasteiger partial charge in [0.15, 0.2) is 0 Å². The van der Waals surface area contributed by atoms with E-state index in [0.717, 1.165) is 6.07 Å². The van der Waals surface area contributed by atoms with Crippen molar-refractivity contribution in [3.8, 4) is 0 Å². The molecule has 5 heteroatoms. The Morgan fingerprint density at radius 3 is 3.07 bits per heavy atom. The van der Waals surface area contributed by atoms with Gasteiger partial charge in [-0.1, -0.05) is 0 Å². The van der Waals surface area contributed by atoms with Crippen molar-refractivity contribution in [1.29, 1.82) is 0 Å². The van der Waals surface area contributed by atoms with Crippen molar-refractivity contribution < 1.29 is 17.4 Å². The zero-order valence-electron chi connectivity index (χ0n) is 13.5. The van der Waals surface area contributed by atoms with Crippen LogP contribution in [-0.4, -0.2) is 19.9 Å². The summed E-state index contributed by atoms with van der Waals surface area (Å²) < 4.78 is 55.7. The summed E-state index contributed by atoms with van der Waals surface area (Å²) in [6, 6.07) is 2.15. The van der Waals surface area contributed by atoms with E-state index < -0.39 is 32.1 Å². The number of anilines is 1. The third kappa shape index (κ3) is 2.92. The maximum atomic E-state index is 13.5. The summed E-state index contributed by atoms with van der Waals surface area (Å²) in [5.41, 5.74) is 0.0533. The molecule has 0 radical (unpaired) electrons. The Kier molecular flexibility index (Phi) is 1.99. The fourth-order valence-electron chi connectivity index (χ4n) is 1.07. The van der Waals surface area contributed by atoms with Gasteiger partial charge in [0.25, 0.3) is 0 Å². The predicted molar refractivity (Wildman–Crippen MR) is 61.4 cm³/mol. The van der Waals surface area contributed by atoms with Crippen LogP contribution in [0.1, 0.15) is 13.8 Å². The van der Waals surface area contributed by atoms with Crippen molar-refractivity contribution >= 4 is 27.5 Å². The highest BCUT2D eigenvalue weighted by atomic mass is 79.9. The van der Waals surface area contributed by atoms with Crippen LogP contribution in [0.2, 0.25) is 0 Å². The Morgan fingerprint density at radius 2 is 2.40 bits per heavy atom. The van der Waals surface area contributed by atoms with E-state index in [2.05, 4.69) is 21.2 Å². The van der Waals surface area contributed by atoms with E-state index in [9.17, 15) is 9.18 Å². The molecule has 0 aliphatic rings. The zero-order valence-corrected chi connectivity index (χ0v) is 9.11. The highest BCUT2D eigenvalue weighted by Gasteiger charge is 2.10. The highest BCUT2D eigenvalue weighted by Crippen LogP contribution is 2.24. The number of halogens is 2. The Balaban J connectivity index is 3.04. The number of amides is 1. The number of benzene rings is 1. The van der Waals surface area contributed by atoms with E-state index in [0.29, 0.717) is 0 Å². The lowest BCUT2D eigenvalue weighted by Crippen LogP contribution is -2.20. The van der Waals surface area contributed by atoms with Crippen LogP contribution in [0.15, 0.2) is 16.6 Å². The first-order valence-corrected chi connectivity index (χ1v) is 4.74. The molecule has 0 saturated carbocycles. The molecule has 15 heavy (non-hydrogen) atoms. The molecule has 1 aromatic carbocycles. The zero-order chi connectivity index (χ0) is 16.4. The lowest BCUT2D eigenvalue weighted by Gasteiger charge is -2.09. The predicted octanol–water partition coefficient (Wildman–Crippen LogP) is 1.92. The first-order chi connectivity index (χ1) is 9.37. The number of rotatable bonds is 3. The van der Waals surface area contributed by atoms with E-state index in [1.807, 2.05) is 0 Å². The number of carbonyl (C=O) groups is 1. The van der Waals surface area contributed by atoms with Crippen LogP contribution in [0.3, 0.4) is 0 Å². The second kappa shape index (κ2) is 5.11. The first-order valence-electron chi connectivity index (χ1n) is 6.94. The van der Waals surface area contributed by atoms with Gasteiger partial charge in [-0.2, -0.15) is 0 Å². The van der Waals surface area contributed by atoms with Crippen LogP contribution in [0.25, 0.3) is 0 Å². The summed E-state index contributed by atoms with van der Waals surface area (Å²) >= 11 is 2.91. The van der Waals surface area contributed by atoms with Crippen LogP contribution < -0.4 is 10.6 Å². The second-order valence-electron chi connectivity index (χ2n) is 2.77. The second-order valence-corrected chi connectivity index (χ2v) is 3.63. The van der Waals surface area contributed by atoms with Gasteiger partial charge < -0.3 is 10.6 Å². The van der Waals surface area contributed by atoms with Crippen LogP contribution in [0.4, 0.5) is 10.1 Å². The van der Waals surface area contributed by atoms with E-state index in [1.165, 1.54) is 6.07 Å². The number of likely N-dealkylation sites (N-methyl/N-ethyl adjacent to an activating group) is 1. The van der Waals surface area contributed by atoms with Crippen molar-refractivity contribution in [3.63, 3.8) is 0 Å². The van der Waals surface area contributed by atoms with Gasteiger partial charge in [-0.15, -0.1) is 0 Å². The summed E-state index contributed by atoms with van der Waals surface area (Å²) in [6.45, 7) is -5.20.